The highest BCUT2D eigenvalue weighted by molar-refractivity contribution is 8.00. The number of aromatic nitrogens is 3. The van der Waals surface area contributed by atoms with Crippen LogP contribution in [-0.2, 0) is 9.53 Å². The maximum atomic E-state index is 12.2. The first-order chi connectivity index (χ1) is 11.2. The van der Waals surface area contributed by atoms with E-state index in [1.807, 2.05) is 31.2 Å². The fourth-order valence-corrected chi connectivity index (χ4v) is 3.01. The molecule has 0 spiro atoms. The van der Waals surface area contributed by atoms with Gasteiger partial charge in [-0.05, 0) is 31.2 Å². The molecule has 1 atom stereocenters. The van der Waals surface area contributed by atoms with Gasteiger partial charge < -0.3 is 15.0 Å². The van der Waals surface area contributed by atoms with Crippen LogP contribution in [-0.4, -0.2) is 52.6 Å². The molecule has 7 nitrogen and oxygen atoms in total. The summed E-state index contributed by atoms with van der Waals surface area (Å²) >= 11 is 1.34. The Labute approximate surface area is 138 Å². The molecule has 1 saturated heterocycles. The normalized spacial score (nSPS) is 16.1. The van der Waals surface area contributed by atoms with Gasteiger partial charge in [-0.1, -0.05) is 11.8 Å². The topological polar surface area (TPSA) is 83.1 Å². The number of H-pyrrole nitrogens is 1. The third-order valence-corrected chi connectivity index (χ3v) is 4.55. The molecule has 0 aliphatic carbocycles. The molecule has 1 aliphatic heterocycles. The number of rotatable bonds is 5. The van der Waals surface area contributed by atoms with E-state index in [0.29, 0.717) is 5.16 Å². The van der Waals surface area contributed by atoms with Gasteiger partial charge in [-0.15, -0.1) is 0 Å². The average Bonchev–Trinajstić information content (AvgIpc) is 3.09. The SMILES string of the molecule is C[C@@H](Sc1ncn[nH]1)C(=O)Nc1ccc(N2CCOCC2)cc1. The molecule has 2 heterocycles. The quantitative estimate of drug-likeness (QED) is 0.811. The van der Waals surface area contributed by atoms with E-state index in [0.717, 1.165) is 37.7 Å². The molecular formula is C15H19N5O2S. The predicted molar refractivity (Wildman–Crippen MR) is 89.8 cm³/mol. The van der Waals surface area contributed by atoms with E-state index < -0.39 is 0 Å². The van der Waals surface area contributed by atoms with Gasteiger partial charge in [0.1, 0.15) is 6.33 Å². The van der Waals surface area contributed by atoms with Crippen molar-refractivity contribution in [2.75, 3.05) is 36.5 Å². The Morgan fingerprint density at radius 2 is 2.09 bits per heavy atom. The van der Waals surface area contributed by atoms with Gasteiger partial charge in [0.25, 0.3) is 0 Å². The predicted octanol–water partition coefficient (Wildman–Crippen LogP) is 1.76. The highest BCUT2D eigenvalue weighted by Gasteiger charge is 2.16. The van der Waals surface area contributed by atoms with E-state index in [1.165, 1.54) is 18.1 Å². The van der Waals surface area contributed by atoms with Crippen LogP contribution in [0, 0.1) is 0 Å². The van der Waals surface area contributed by atoms with Gasteiger partial charge in [0.2, 0.25) is 5.91 Å². The Balaban J connectivity index is 1.55. The Kier molecular flexibility index (Phi) is 5.14. The number of hydrogen-bond acceptors (Lipinski definition) is 6. The molecular weight excluding hydrogens is 314 g/mol. The number of thioether (sulfide) groups is 1. The van der Waals surface area contributed by atoms with E-state index in [1.54, 1.807) is 0 Å². The second-order valence-corrected chi connectivity index (χ2v) is 6.52. The van der Waals surface area contributed by atoms with E-state index in [4.69, 9.17) is 4.74 Å². The summed E-state index contributed by atoms with van der Waals surface area (Å²) in [4.78, 5) is 18.5. The van der Waals surface area contributed by atoms with Gasteiger partial charge in [-0.25, -0.2) is 4.98 Å². The summed E-state index contributed by atoms with van der Waals surface area (Å²) in [5.74, 6) is -0.0643. The lowest BCUT2D eigenvalue weighted by molar-refractivity contribution is -0.115. The number of carbonyl (C=O) groups excluding carboxylic acids is 1. The van der Waals surface area contributed by atoms with Crippen LogP contribution in [0.25, 0.3) is 0 Å². The molecule has 1 amide bonds. The fraction of sp³-hybridized carbons (Fsp3) is 0.400. The summed E-state index contributed by atoms with van der Waals surface area (Å²) in [6.45, 7) is 5.15. The third kappa shape index (κ3) is 4.23. The van der Waals surface area contributed by atoms with Crippen LogP contribution in [0.15, 0.2) is 35.7 Å². The van der Waals surface area contributed by atoms with Crippen molar-refractivity contribution in [2.24, 2.45) is 0 Å². The van der Waals surface area contributed by atoms with Gasteiger partial charge in [-0.3, -0.25) is 9.89 Å². The molecule has 0 radical (unpaired) electrons. The molecule has 0 saturated carbocycles. The monoisotopic (exact) mass is 333 g/mol. The van der Waals surface area contributed by atoms with Gasteiger partial charge in [0.15, 0.2) is 5.16 Å². The van der Waals surface area contributed by atoms with Gasteiger partial charge in [0.05, 0.1) is 18.5 Å². The van der Waals surface area contributed by atoms with Crippen LogP contribution in [0.1, 0.15) is 6.92 Å². The number of aromatic amines is 1. The molecule has 23 heavy (non-hydrogen) atoms. The molecule has 1 aliphatic rings. The highest BCUT2D eigenvalue weighted by Crippen LogP contribution is 2.22. The van der Waals surface area contributed by atoms with Crippen molar-refractivity contribution in [2.45, 2.75) is 17.3 Å². The van der Waals surface area contributed by atoms with E-state index in [-0.39, 0.29) is 11.2 Å². The van der Waals surface area contributed by atoms with Gasteiger partial charge in [0, 0.05) is 24.5 Å². The maximum absolute atomic E-state index is 12.2. The summed E-state index contributed by atoms with van der Waals surface area (Å²) in [6, 6.07) is 7.90. The van der Waals surface area contributed by atoms with Crippen LogP contribution in [0.5, 0.6) is 0 Å². The molecule has 0 bridgehead atoms. The largest absolute Gasteiger partial charge is 0.378 e. The number of nitrogens with zero attached hydrogens (tertiary/aromatic N) is 3. The smallest absolute Gasteiger partial charge is 0.237 e. The minimum atomic E-state index is -0.262. The Morgan fingerprint density at radius 1 is 1.35 bits per heavy atom. The number of nitrogens with one attached hydrogen (secondary N) is 2. The number of anilines is 2. The second-order valence-electron chi connectivity index (χ2n) is 5.19. The molecule has 122 valence electrons. The van der Waals surface area contributed by atoms with Crippen molar-refractivity contribution >= 4 is 29.0 Å². The lowest BCUT2D eigenvalue weighted by Gasteiger charge is -2.28. The third-order valence-electron chi connectivity index (χ3n) is 3.56. The Hall–Kier alpha value is -2.06. The van der Waals surface area contributed by atoms with Gasteiger partial charge >= 0.3 is 0 Å². The summed E-state index contributed by atoms with van der Waals surface area (Å²) in [5.41, 5.74) is 1.94. The number of hydrogen-bond donors (Lipinski definition) is 2. The minimum absolute atomic E-state index is 0.0643. The Morgan fingerprint density at radius 3 is 2.74 bits per heavy atom. The second kappa shape index (κ2) is 7.47. The van der Waals surface area contributed by atoms with Crippen molar-refractivity contribution in [3.05, 3.63) is 30.6 Å². The Bertz CT molecular complexity index is 626. The van der Waals surface area contributed by atoms with E-state index in [2.05, 4.69) is 25.4 Å². The molecule has 1 fully saturated rings. The zero-order valence-electron chi connectivity index (χ0n) is 12.9. The first kappa shape index (κ1) is 15.8. The molecule has 8 heteroatoms. The highest BCUT2D eigenvalue weighted by atomic mass is 32.2. The van der Waals surface area contributed by atoms with Crippen molar-refractivity contribution in [3.8, 4) is 0 Å². The number of carbonyl (C=O) groups is 1. The van der Waals surface area contributed by atoms with Crippen LogP contribution < -0.4 is 10.2 Å². The summed E-state index contributed by atoms with van der Waals surface area (Å²) < 4.78 is 5.35. The van der Waals surface area contributed by atoms with Crippen molar-refractivity contribution in [1.82, 2.24) is 15.2 Å². The average molecular weight is 333 g/mol. The number of morpholine rings is 1. The lowest BCUT2D eigenvalue weighted by atomic mass is 10.2. The molecule has 0 unspecified atom stereocenters. The maximum Gasteiger partial charge on any atom is 0.237 e. The standard InChI is InChI=1S/C15H19N5O2S/c1-11(23-15-16-10-17-19-15)14(21)18-12-2-4-13(5-3-12)20-6-8-22-9-7-20/h2-5,10-11H,6-9H2,1H3,(H,18,21)(H,16,17,19)/t11-/m1/s1. The minimum Gasteiger partial charge on any atom is -0.378 e. The van der Waals surface area contributed by atoms with E-state index >= 15 is 0 Å². The van der Waals surface area contributed by atoms with Crippen LogP contribution >= 0.6 is 11.8 Å². The molecule has 3 rings (SSSR count). The van der Waals surface area contributed by atoms with Crippen LogP contribution in [0.2, 0.25) is 0 Å². The summed E-state index contributed by atoms with van der Waals surface area (Å²) in [6.07, 6.45) is 1.43. The molecule has 1 aromatic heterocycles. The zero-order chi connectivity index (χ0) is 16.1. The zero-order valence-corrected chi connectivity index (χ0v) is 13.7. The number of benzene rings is 1. The first-order valence-corrected chi connectivity index (χ1v) is 8.36. The first-order valence-electron chi connectivity index (χ1n) is 7.48. The van der Waals surface area contributed by atoms with Crippen LogP contribution in [0.4, 0.5) is 11.4 Å². The molecule has 2 N–H and O–H groups in total. The van der Waals surface area contributed by atoms with Crippen molar-refractivity contribution in [1.29, 1.82) is 0 Å². The van der Waals surface area contributed by atoms with Gasteiger partial charge in [-0.2, -0.15) is 5.10 Å². The van der Waals surface area contributed by atoms with Crippen LogP contribution in [0.3, 0.4) is 0 Å². The molecule has 1 aromatic carbocycles. The van der Waals surface area contributed by atoms with Crippen molar-refractivity contribution < 1.29 is 9.53 Å². The number of amides is 1. The van der Waals surface area contributed by atoms with Crippen molar-refractivity contribution in [3.63, 3.8) is 0 Å². The van der Waals surface area contributed by atoms with E-state index in [9.17, 15) is 4.79 Å². The summed E-state index contributed by atoms with van der Waals surface area (Å²) in [5, 5.41) is 9.80. The molecule has 2 aromatic rings. The summed E-state index contributed by atoms with van der Waals surface area (Å²) in [7, 11) is 0. The lowest BCUT2D eigenvalue weighted by Crippen LogP contribution is -2.36. The fourth-order valence-electron chi connectivity index (χ4n) is 2.29. The number of ether oxygens (including phenoxy) is 1.